The molecule has 0 bridgehead atoms. The average Bonchev–Trinajstić information content (AvgIpc) is 3.26. The number of hydrogen-bond donors (Lipinski definition) is 0. The van der Waals surface area contributed by atoms with Crippen LogP contribution in [0.25, 0.3) is 0 Å². The Bertz CT molecular complexity index is 889. The normalized spacial score (nSPS) is 24.6. The Labute approximate surface area is 191 Å². The third kappa shape index (κ3) is 3.55. The Hall–Kier alpha value is -2.57. The zero-order chi connectivity index (χ0) is 23.1. The highest BCUT2D eigenvalue weighted by Crippen LogP contribution is 2.57. The van der Waals surface area contributed by atoms with Crippen LogP contribution in [0.15, 0.2) is 24.3 Å². The summed E-state index contributed by atoms with van der Waals surface area (Å²) in [5, 5.41) is 0. The van der Waals surface area contributed by atoms with Gasteiger partial charge in [0, 0.05) is 64.8 Å². The predicted octanol–water partition coefficient (Wildman–Crippen LogP) is 2.71. The number of piperidine rings is 1. The van der Waals surface area contributed by atoms with Crippen molar-refractivity contribution in [1.29, 1.82) is 0 Å². The maximum atomic E-state index is 13.4. The summed E-state index contributed by atoms with van der Waals surface area (Å²) in [7, 11) is 5.38. The number of benzene rings is 1. The first-order chi connectivity index (χ1) is 15.2. The molecular formula is C25H36N4O3. The van der Waals surface area contributed by atoms with E-state index in [2.05, 4.69) is 6.92 Å². The molecule has 0 N–H and O–H groups in total. The van der Waals surface area contributed by atoms with Gasteiger partial charge in [0.1, 0.15) is 0 Å². The number of hydrogen-bond acceptors (Lipinski definition) is 3. The summed E-state index contributed by atoms with van der Waals surface area (Å²) in [5.74, 6) is 0.226. The number of nitrogens with zero attached hydrogens (tertiary/aromatic N) is 4. The molecule has 4 rings (SSSR count). The van der Waals surface area contributed by atoms with Gasteiger partial charge in [-0.1, -0.05) is 25.5 Å². The van der Waals surface area contributed by atoms with Crippen LogP contribution in [0.3, 0.4) is 0 Å². The summed E-state index contributed by atoms with van der Waals surface area (Å²) < 4.78 is 0. The fourth-order valence-electron chi connectivity index (χ4n) is 6.12. The smallest absolute Gasteiger partial charge is 0.319 e. The number of rotatable bonds is 3. The van der Waals surface area contributed by atoms with E-state index in [0.717, 1.165) is 44.2 Å². The lowest BCUT2D eigenvalue weighted by Gasteiger charge is -2.46. The van der Waals surface area contributed by atoms with Crippen LogP contribution < -0.4 is 0 Å². The van der Waals surface area contributed by atoms with Crippen molar-refractivity contribution in [3.05, 3.63) is 35.4 Å². The fourth-order valence-corrected chi connectivity index (χ4v) is 6.12. The minimum Gasteiger partial charge on any atom is -0.345 e. The molecule has 2 spiro atoms. The van der Waals surface area contributed by atoms with Crippen LogP contribution in [-0.2, 0) is 11.2 Å². The molecule has 1 unspecified atom stereocenters. The molecule has 0 aromatic heterocycles. The third-order valence-corrected chi connectivity index (χ3v) is 8.00. The molecule has 3 saturated heterocycles. The van der Waals surface area contributed by atoms with Crippen LogP contribution in [0.5, 0.6) is 0 Å². The molecule has 7 heteroatoms. The van der Waals surface area contributed by atoms with Crippen LogP contribution in [0.4, 0.5) is 4.79 Å². The zero-order valence-corrected chi connectivity index (χ0v) is 19.9. The van der Waals surface area contributed by atoms with E-state index in [1.165, 1.54) is 5.56 Å². The first-order valence-electron chi connectivity index (χ1n) is 11.8. The standard InChI is InChI=1S/C25H36N4O3/c1-5-6-19-7-9-20(10-8-19)21(30)28-15-11-24(12-16-28)17-29(23(32)26(2)3)18-25(24)13-14-27(4)22(25)31/h7-10H,5-6,11-18H2,1-4H3. The number of likely N-dealkylation sites (tertiary alicyclic amines) is 3. The van der Waals surface area contributed by atoms with Crippen molar-refractivity contribution < 1.29 is 14.4 Å². The minimum atomic E-state index is -0.523. The van der Waals surface area contributed by atoms with Gasteiger partial charge in [-0.15, -0.1) is 0 Å². The van der Waals surface area contributed by atoms with Crippen LogP contribution in [0, 0.1) is 10.8 Å². The topological polar surface area (TPSA) is 64.2 Å². The first-order valence-corrected chi connectivity index (χ1v) is 11.8. The quantitative estimate of drug-likeness (QED) is 0.726. The Kier molecular flexibility index (Phi) is 5.94. The second-order valence-corrected chi connectivity index (χ2v) is 10.1. The lowest BCUT2D eigenvalue weighted by Crippen LogP contribution is -2.53. The number of amides is 4. The number of aryl methyl sites for hydroxylation is 1. The zero-order valence-electron chi connectivity index (χ0n) is 19.9. The molecule has 3 heterocycles. The van der Waals surface area contributed by atoms with E-state index in [-0.39, 0.29) is 23.3 Å². The number of carbonyl (C=O) groups is 3. The maximum Gasteiger partial charge on any atom is 0.319 e. The van der Waals surface area contributed by atoms with E-state index in [1.54, 1.807) is 19.0 Å². The highest BCUT2D eigenvalue weighted by molar-refractivity contribution is 5.94. The van der Waals surface area contributed by atoms with Gasteiger partial charge in [-0.25, -0.2) is 4.79 Å². The molecule has 4 amide bonds. The molecule has 3 aliphatic heterocycles. The van der Waals surface area contributed by atoms with Gasteiger partial charge in [0.05, 0.1) is 5.41 Å². The van der Waals surface area contributed by atoms with Crippen molar-refractivity contribution in [1.82, 2.24) is 19.6 Å². The van der Waals surface area contributed by atoms with Crippen molar-refractivity contribution in [3.8, 4) is 0 Å². The van der Waals surface area contributed by atoms with Gasteiger partial charge >= 0.3 is 6.03 Å². The van der Waals surface area contributed by atoms with Gasteiger partial charge in [0.15, 0.2) is 0 Å². The summed E-state index contributed by atoms with van der Waals surface area (Å²) in [4.78, 5) is 46.5. The molecule has 3 fully saturated rings. The second-order valence-electron chi connectivity index (χ2n) is 10.1. The summed E-state index contributed by atoms with van der Waals surface area (Å²) >= 11 is 0. The van der Waals surface area contributed by atoms with Gasteiger partial charge in [0.25, 0.3) is 5.91 Å². The van der Waals surface area contributed by atoms with Crippen LogP contribution in [-0.4, -0.2) is 91.3 Å². The third-order valence-electron chi connectivity index (χ3n) is 8.00. The predicted molar refractivity (Wildman–Crippen MR) is 123 cm³/mol. The number of fused-ring (bicyclic) bond motifs is 1. The molecule has 7 nitrogen and oxygen atoms in total. The van der Waals surface area contributed by atoms with Crippen LogP contribution in [0.1, 0.15) is 48.5 Å². The van der Waals surface area contributed by atoms with Gasteiger partial charge in [-0.3, -0.25) is 9.59 Å². The molecule has 0 saturated carbocycles. The van der Waals surface area contributed by atoms with E-state index < -0.39 is 5.41 Å². The molecule has 3 aliphatic rings. The molecule has 1 atom stereocenters. The Morgan fingerprint density at radius 3 is 2.16 bits per heavy atom. The Morgan fingerprint density at radius 1 is 0.969 bits per heavy atom. The average molecular weight is 441 g/mol. The summed E-state index contributed by atoms with van der Waals surface area (Å²) in [5.41, 5.74) is 1.19. The monoisotopic (exact) mass is 440 g/mol. The highest BCUT2D eigenvalue weighted by atomic mass is 16.2. The first kappa shape index (κ1) is 22.6. The van der Waals surface area contributed by atoms with Crippen LogP contribution in [0.2, 0.25) is 0 Å². The lowest BCUT2D eigenvalue weighted by molar-refractivity contribution is -0.141. The van der Waals surface area contributed by atoms with Gasteiger partial charge in [-0.05, 0) is 43.4 Å². The lowest BCUT2D eigenvalue weighted by atomic mass is 9.60. The van der Waals surface area contributed by atoms with Crippen molar-refractivity contribution in [3.63, 3.8) is 0 Å². The molecule has 1 aromatic carbocycles. The van der Waals surface area contributed by atoms with Crippen molar-refractivity contribution in [2.24, 2.45) is 10.8 Å². The molecule has 0 radical (unpaired) electrons. The Morgan fingerprint density at radius 2 is 1.62 bits per heavy atom. The van der Waals surface area contributed by atoms with Gasteiger partial charge in [0.2, 0.25) is 5.91 Å². The van der Waals surface area contributed by atoms with E-state index in [9.17, 15) is 14.4 Å². The summed E-state index contributed by atoms with van der Waals surface area (Å²) in [6, 6.07) is 7.93. The summed E-state index contributed by atoms with van der Waals surface area (Å²) in [6.45, 7) is 5.21. The molecule has 1 aromatic rings. The Balaban J connectivity index is 1.52. The molecule has 0 aliphatic carbocycles. The minimum absolute atomic E-state index is 0.0331. The maximum absolute atomic E-state index is 13.4. The van der Waals surface area contributed by atoms with Crippen molar-refractivity contribution in [2.75, 3.05) is 53.9 Å². The molecule has 32 heavy (non-hydrogen) atoms. The SMILES string of the molecule is CCCc1ccc(C(=O)N2CCC3(CC2)CN(C(=O)N(C)C)CC32CCN(C)C2=O)cc1. The van der Waals surface area contributed by atoms with Crippen molar-refractivity contribution in [2.45, 2.75) is 39.0 Å². The van der Waals surface area contributed by atoms with Crippen LogP contribution >= 0.6 is 0 Å². The highest BCUT2D eigenvalue weighted by Gasteiger charge is 2.65. The van der Waals surface area contributed by atoms with E-state index >= 15 is 0 Å². The molecular weight excluding hydrogens is 404 g/mol. The number of urea groups is 1. The van der Waals surface area contributed by atoms with E-state index in [1.807, 2.05) is 46.0 Å². The number of carbonyl (C=O) groups excluding carboxylic acids is 3. The fraction of sp³-hybridized carbons (Fsp3) is 0.640. The largest absolute Gasteiger partial charge is 0.345 e. The molecule has 174 valence electrons. The summed E-state index contributed by atoms with van der Waals surface area (Å²) in [6.07, 6.45) is 4.40. The second kappa shape index (κ2) is 8.41. The van der Waals surface area contributed by atoms with E-state index in [4.69, 9.17) is 0 Å². The van der Waals surface area contributed by atoms with Gasteiger partial charge < -0.3 is 19.6 Å². The van der Waals surface area contributed by atoms with Crippen molar-refractivity contribution >= 4 is 17.8 Å². The van der Waals surface area contributed by atoms with E-state index in [0.29, 0.717) is 26.2 Å². The van der Waals surface area contributed by atoms with Gasteiger partial charge in [-0.2, -0.15) is 0 Å².